The first-order valence-corrected chi connectivity index (χ1v) is 9.28. The summed E-state index contributed by atoms with van der Waals surface area (Å²) in [5.74, 6) is -0.374. The van der Waals surface area contributed by atoms with Gasteiger partial charge in [0.05, 0.1) is 0 Å². The van der Waals surface area contributed by atoms with Crippen molar-refractivity contribution in [3.05, 3.63) is 64.0 Å². The average molecular weight is 402 g/mol. The van der Waals surface area contributed by atoms with Crippen LogP contribution in [0.2, 0.25) is 5.02 Å². The van der Waals surface area contributed by atoms with Gasteiger partial charge in [0, 0.05) is 17.1 Å². The molecule has 2 aromatic carbocycles. The second kappa shape index (κ2) is 8.28. The van der Waals surface area contributed by atoms with Crippen molar-refractivity contribution >= 4 is 35.4 Å². The summed E-state index contributed by atoms with van der Waals surface area (Å²) < 4.78 is 1.84. The summed E-state index contributed by atoms with van der Waals surface area (Å²) in [4.78, 5) is 11.8. The van der Waals surface area contributed by atoms with Gasteiger partial charge in [-0.05, 0) is 66.7 Å². The standard InChI is InChI=1S/C19H16ClN3O3S/c1-2-23-17(13-6-8-14(20)9-7-13)21-22-19(23)27-16(18(25)26)11-12-4-3-5-15(24)10-12/h3-11,24H,2H2,1H3,(H,25,26)/b16-11-. The lowest BCUT2D eigenvalue weighted by Gasteiger charge is -2.08. The van der Waals surface area contributed by atoms with E-state index in [4.69, 9.17) is 11.6 Å². The van der Waals surface area contributed by atoms with E-state index < -0.39 is 5.97 Å². The highest BCUT2D eigenvalue weighted by Gasteiger charge is 2.18. The van der Waals surface area contributed by atoms with Crippen LogP contribution in [0.5, 0.6) is 5.75 Å². The molecule has 0 saturated heterocycles. The monoisotopic (exact) mass is 401 g/mol. The first kappa shape index (κ1) is 19.0. The number of hydrogen-bond donors (Lipinski definition) is 2. The Morgan fingerprint density at radius 2 is 1.96 bits per heavy atom. The Balaban J connectivity index is 1.95. The molecule has 0 bridgehead atoms. The van der Waals surface area contributed by atoms with Crippen LogP contribution in [0.1, 0.15) is 12.5 Å². The van der Waals surface area contributed by atoms with Crippen molar-refractivity contribution in [1.82, 2.24) is 14.8 Å². The molecular formula is C19H16ClN3O3S. The summed E-state index contributed by atoms with van der Waals surface area (Å²) in [6.45, 7) is 2.51. The second-order valence-electron chi connectivity index (χ2n) is 5.57. The van der Waals surface area contributed by atoms with E-state index in [1.807, 2.05) is 23.6 Å². The van der Waals surface area contributed by atoms with Gasteiger partial charge in [-0.1, -0.05) is 23.7 Å². The summed E-state index contributed by atoms with van der Waals surface area (Å²) in [6.07, 6.45) is 1.49. The van der Waals surface area contributed by atoms with Crippen LogP contribution in [0.15, 0.2) is 58.6 Å². The van der Waals surface area contributed by atoms with Gasteiger partial charge < -0.3 is 14.8 Å². The SMILES string of the molecule is CCn1c(S/C(=C\c2cccc(O)c2)C(=O)O)nnc1-c1ccc(Cl)cc1. The molecule has 3 rings (SSSR count). The zero-order chi connectivity index (χ0) is 19.4. The van der Waals surface area contributed by atoms with E-state index in [-0.39, 0.29) is 10.7 Å². The number of carboxylic acids is 1. The van der Waals surface area contributed by atoms with E-state index >= 15 is 0 Å². The smallest absolute Gasteiger partial charge is 0.342 e. The molecule has 27 heavy (non-hydrogen) atoms. The number of hydrogen-bond acceptors (Lipinski definition) is 5. The average Bonchev–Trinajstić information content (AvgIpc) is 3.04. The quantitative estimate of drug-likeness (QED) is 0.465. The predicted octanol–water partition coefficient (Wildman–Crippen LogP) is 4.54. The van der Waals surface area contributed by atoms with Crippen LogP contribution < -0.4 is 0 Å². The Morgan fingerprint density at radius 3 is 2.59 bits per heavy atom. The molecule has 1 heterocycles. The lowest BCUT2D eigenvalue weighted by Crippen LogP contribution is -2.02. The number of benzene rings is 2. The molecule has 3 aromatic rings. The molecule has 0 atom stereocenters. The van der Waals surface area contributed by atoms with Crippen LogP contribution in [-0.2, 0) is 11.3 Å². The van der Waals surface area contributed by atoms with Gasteiger partial charge in [0.2, 0.25) is 0 Å². The first-order chi connectivity index (χ1) is 13.0. The van der Waals surface area contributed by atoms with Gasteiger partial charge in [-0.25, -0.2) is 4.79 Å². The minimum Gasteiger partial charge on any atom is -0.508 e. The fourth-order valence-corrected chi connectivity index (χ4v) is 3.47. The lowest BCUT2D eigenvalue weighted by molar-refractivity contribution is -0.131. The van der Waals surface area contributed by atoms with Crippen molar-refractivity contribution in [2.75, 3.05) is 0 Å². The van der Waals surface area contributed by atoms with E-state index in [1.165, 1.54) is 18.2 Å². The van der Waals surface area contributed by atoms with Gasteiger partial charge in [-0.3, -0.25) is 0 Å². The van der Waals surface area contributed by atoms with Gasteiger partial charge in [-0.15, -0.1) is 10.2 Å². The van der Waals surface area contributed by atoms with E-state index in [9.17, 15) is 15.0 Å². The van der Waals surface area contributed by atoms with Crippen molar-refractivity contribution in [1.29, 1.82) is 0 Å². The van der Waals surface area contributed by atoms with Crippen molar-refractivity contribution in [3.8, 4) is 17.1 Å². The summed E-state index contributed by atoms with van der Waals surface area (Å²) in [5, 5.41) is 28.6. The van der Waals surface area contributed by atoms with Crippen LogP contribution in [0.4, 0.5) is 0 Å². The Labute approximate surface area is 165 Å². The van der Waals surface area contributed by atoms with Crippen LogP contribution in [0.25, 0.3) is 17.5 Å². The molecule has 6 nitrogen and oxygen atoms in total. The lowest BCUT2D eigenvalue weighted by atomic mass is 10.2. The zero-order valence-electron chi connectivity index (χ0n) is 14.3. The van der Waals surface area contributed by atoms with Crippen molar-refractivity contribution in [2.45, 2.75) is 18.6 Å². The molecule has 2 N–H and O–H groups in total. The van der Waals surface area contributed by atoms with Gasteiger partial charge in [-0.2, -0.15) is 0 Å². The highest BCUT2D eigenvalue weighted by molar-refractivity contribution is 8.04. The van der Waals surface area contributed by atoms with Gasteiger partial charge in [0.15, 0.2) is 11.0 Å². The number of phenolic OH excluding ortho intramolecular Hbond substituents is 1. The molecule has 0 amide bonds. The maximum absolute atomic E-state index is 11.7. The molecular weight excluding hydrogens is 386 g/mol. The summed E-state index contributed by atoms with van der Waals surface area (Å²) in [7, 11) is 0. The molecule has 0 fully saturated rings. The van der Waals surface area contributed by atoms with E-state index in [2.05, 4.69) is 10.2 Å². The van der Waals surface area contributed by atoms with Crippen molar-refractivity contribution in [3.63, 3.8) is 0 Å². The van der Waals surface area contributed by atoms with Crippen LogP contribution in [0.3, 0.4) is 0 Å². The maximum atomic E-state index is 11.7. The Hall–Kier alpha value is -2.77. The third kappa shape index (κ3) is 4.50. The van der Waals surface area contributed by atoms with Crippen LogP contribution in [-0.4, -0.2) is 30.9 Å². The third-order valence-corrected chi connectivity index (χ3v) is 4.96. The number of carbonyl (C=O) groups is 1. The largest absolute Gasteiger partial charge is 0.508 e. The molecule has 0 aliphatic carbocycles. The Kier molecular flexibility index (Phi) is 5.83. The Bertz CT molecular complexity index is 1000. The fraction of sp³-hybridized carbons (Fsp3) is 0.105. The van der Waals surface area contributed by atoms with Gasteiger partial charge >= 0.3 is 5.97 Å². The zero-order valence-corrected chi connectivity index (χ0v) is 15.9. The number of thioether (sulfide) groups is 1. The number of carboxylic acid groups (broad SMARTS) is 1. The topological polar surface area (TPSA) is 88.2 Å². The second-order valence-corrected chi connectivity index (χ2v) is 7.01. The summed E-state index contributed by atoms with van der Waals surface area (Å²) in [5.41, 5.74) is 1.43. The molecule has 0 radical (unpaired) electrons. The first-order valence-electron chi connectivity index (χ1n) is 8.09. The molecule has 0 spiro atoms. The number of phenols is 1. The van der Waals surface area contributed by atoms with Crippen LogP contribution in [0, 0.1) is 0 Å². The van der Waals surface area contributed by atoms with Crippen molar-refractivity contribution < 1.29 is 15.0 Å². The molecule has 0 saturated carbocycles. The molecule has 138 valence electrons. The van der Waals surface area contributed by atoms with E-state index in [0.29, 0.717) is 28.1 Å². The van der Waals surface area contributed by atoms with Gasteiger partial charge in [0.25, 0.3) is 0 Å². The highest BCUT2D eigenvalue weighted by atomic mass is 35.5. The number of halogens is 1. The van der Waals surface area contributed by atoms with E-state index in [1.54, 1.807) is 24.3 Å². The molecule has 0 unspecified atom stereocenters. The number of aromatic nitrogens is 3. The number of rotatable bonds is 6. The maximum Gasteiger partial charge on any atom is 0.342 e. The number of aliphatic carboxylic acids is 1. The molecule has 8 heteroatoms. The summed E-state index contributed by atoms with van der Waals surface area (Å²) >= 11 is 6.94. The normalized spacial score (nSPS) is 11.6. The Morgan fingerprint density at radius 1 is 1.22 bits per heavy atom. The predicted molar refractivity (Wildman–Crippen MR) is 106 cm³/mol. The summed E-state index contributed by atoms with van der Waals surface area (Å²) in [6, 6.07) is 13.6. The highest BCUT2D eigenvalue weighted by Crippen LogP contribution is 2.31. The van der Waals surface area contributed by atoms with Gasteiger partial charge in [0.1, 0.15) is 10.7 Å². The molecule has 1 aromatic heterocycles. The molecule has 0 aliphatic rings. The fourth-order valence-electron chi connectivity index (χ4n) is 2.46. The van der Waals surface area contributed by atoms with Crippen molar-refractivity contribution in [2.24, 2.45) is 0 Å². The number of aromatic hydroxyl groups is 1. The molecule has 0 aliphatic heterocycles. The number of nitrogens with zero attached hydrogens (tertiary/aromatic N) is 3. The minimum absolute atomic E-state index is 0.0697. The minimum atomic E-state index is -1.08. The van der Waals surface area contributed by atoms with E-state index in [0.717, 1.165) is 17.3 Å². The van der Waals surface area contributed by atoms with Crippen LogP contribution >= 0.6 is 23.4 Å². The third-order valence-electron chi connectivity index (χ3n) is 3.72.